The zero-order valence-electron chi connectivity index (χ0n) is 24.9. The van der Waals surface area contributed by atoms with E-state index in [1.165, 1.54) is 71.3 Å². The van der Waals surface area contributed by atoms with Gasteiger partial charge in [0, 0.05) is 54.9 Å². The Morgan fingerprint density at radius 3 is 1.58 bits per heavy atom. The quantitative estimate of drug-likeness (QED) is 0.188. The fourth-order valence-electron chi connectivity index (χ4n) is 7.01. The molecule has 0 spiro atoms. The van der Waals surface area contributed by atoms with E-state index in [0.29, 0.717) is 0 Å². The molecule has 9 aromatic rings. The molecule has 4 heteroatoms. The van der Waals surface area contributed by atoms with Crippen LogP contribution in [0.4, 0.5) is 0 Å². The molecule has 9 rings (SSSR count). The monoisotopic (exact) mass is 591 g/mol. The van der Waals surface area contributed by atoms with E-state index in [9.17, 15) is 0 Å². The van der Waals surface area contributed by atoms with Crippen molar-refractivity contribution in [3.63, 3.8) is 0 Å². The van der Waals surface area contributed by atoms with Crippen LogP contribution in [0, 0.1) is 0 Å². The summed E-state index contributed by atoms with van der Waals surface area (Å²) in [4.78, 5) is 4.65. The van der Waals surface area contributed by atoms with Gasteiger partial charge in [-0.25, -0.2) is 0 Å². The van der Waals surface area contributed by atoms with Gasteiger partial charge in [-0.3, -0.25) is 4.98 Å². The molecule has 0 fully saturated rings. The van der Waals surface area contributed by atoms with Crippen LogP contribution in [0.25, 0.3) is 77.4 Å². The molecular formula is C41H29N3Si. The van der Waals surface area contributed by atoms with Crippen molar-refractivity contribution in [3.05, 3.63) is 158 Å². The summed E-state index contributed by atoms with van der Waals surface area (Å²) in [6.45, 7) is 0. The van der Waals surface area contributed by atoms with Crippen molar-refractivity contribution in [1.29, 1.82) is 0 Å². The molecule has 0 radical (unpaired) electrons. The van der Waals surface area contributed by atoms with Gasteiger partial charge in [-0.2, -0.15) is 0 Å². The molecule has 212 valence electrons. The van der Waals surface area contributed by atoms with Crippen molar-refractivity contribution < 1.29 is 0 Å². The van der Waals surface area contributed by atoms with Gasteiger partial charge in [-0.15, -0.1) is 0 Å². The van der Waals surface area contributed by atoms with Crippen LogP contribution in [0.15, 0.2) is 158 Å². The average molecular weight is 592 g/mol. The average Bonchev–Trinajstić information content (AvgIpc) is 3.61. The molecule has 0 bridgehead atoms. The largest absolute Gasteiger partial charge is 0.309 e. The molecule has 3 aromatic heterocycles. The van der Waals surface area contributed by atoms with Crippen LogP contribution in [0.5, 0.6) is 0 Å². The Morgan fingerprint density at radius 1 is 0.400 bits per heavy atom. The maximum atomic E-state index is 4.65. The Labute approximate surface area is 264 Å². The minimum atomic E-state index is 0.962. The topological polar surface area (TPSA) is 22.8 Å². The number of hydrogen-bond acceptors (Lipinski definition) is 1. The number of rotatable bonds is 4. The highest BCUT2D eigenvalue weighted by molar-refractivity contribution is 6.33. The SMILES string of the molecule is [SiH3]c1cc(-c2ccccn2)cc(-n2c3ccccc3c3cc(-c4ccc5c(c4)c4ccccc4n5-c4ccccc4)ccc32)c1. The van der Waals surface area contributed by atoms with E-state index in [0.717, 1.165) is 21.5 Å². The second kappa shape index (κ2) is 10.2. The van der Waals surface area contributed by atoms with Crippen LogP contribution in [0.1, 0.15) is 0 Å². The lowest BCUT2D eigenvalue weighted by Crippen LogP contribution is -2.06. The van der Waals surface area contributed by atoms with E-state index in [1.807, 2.05) is 12.3 Å². The summed E-state index contributed by atoms with van der Waals surface area (Å²) in [5, 5.41) is 6.39. The Morgan fingerprint density at radius 2 is 0.956 bits per heavy atom. The lowest BCUT2D eigenvalue weighted by molar-refractivity contribution is 1.18. The van der Waals surface area contributed by atoms with Crippen molar-refractivity contribution in [3.8, 4) is 33.8 Å². The molecule has 0 N–H and O–H groups in total. The lowest BCUT2D eigenvalue weighted by atomic mass is 10.0. The van der Waals surface area contributed by atoms with Crippen LogP contribution in [-0.4, -0.2) is 24.4 Å². The van der Waals surface area contributed by atoms with E-state index in [-0.39, 0.29) is 0 Å². The molecule has 0 aliphatic rings. The zero-order valence-corrected chi connectivity index (χ0v) is 26.9. The Hall–Kier alpha value is -5.71. The number of pyridine rings is 1. The van der Waals surface area contributed by atoms with Gasteiger partial charge >= 0.3 is 0 Å². The van der Waals surface area contributed by atoms with Crippen LogP contribution >= 0.6 is 0 Å². The summed E-state index contributed by atoms with van der Waals surface area (Å²) in [6, 6.07) is 55.0. The molecule has 3 heterocycles. The summed E-state index contributed by atoms with van der Waals surface area (Å²) < 4.78 is 4.79. The fourth-order valence-corrected chi connectivity index (χ4v) is 7.62. The van der Waals surface area contributed by atoms with Gasteiger partial charge in [0.1, 0.15) is 0 Å². The van der Waals surface area contributed by atoms with Crippen LogP contribution in [0.2, 0.25) is 0 Å². The first-order valence-electron chi connectivity index (χ1n) is 15.4. The number of nitrogens with zero attached hydrogens (tertiary/aromatic N) is 3. The minimum absolute atomic E-state index is 0.962. The third-order valence-electron chi connectivity index (χ3n) is 8.97. The first kappa shape index (κ1) is 25.8. The van der Waals surface area contributed by atoms with Gasteiger partial charge in [0.25, 0.3) is 0 Å². The molecule has 0 aliphatic heterocycles. The van der Waals surface area contributed by atoms with Gasteiger partial charge in [0.2, 0.25) is 0 Å². The van der Waals surface area contributed by atoms with Gasteiger partial charge in [-0.1, -0.05) is 84.0 Å². The van der Waals surface area contributed by atoms with Gasteiger partial charge in [-0.05, 0) is 83.9 Å². The number of benzene rings is 6. The van der Waals surface area contributed by atoms with Crippen LogP contribution < -0.4 is 5.19 Å². The summed E-state index contributed by atoms with van der Waals surface area (Å²) >= 11 is 0. The molecule has 6 aromatic carbocycles. The van der Waals surface area contributed by atoms with Crippen molar-refractivity contribution in [1.82, 2.24) is 14.1 Å². The lowest BCUT2D eigenvalue weighted by Gasteiger charge is -2.12. The summed E-state index contributed by atoms with van der Waals surface area (Å²) in [5.74, 6) is 0. The minimum Gasteiger partial charge on any atom is -0.309 e. The van der Waals surface area contributed by atoms with E-state index >= 15 is 0 Å². The van der Waals surface area contributed by atoms with Crippen molar-refractivity contribution in [2.24, 2.45) is 0 Å². The molecule has 0 atom stereocenters. The van der Waals surface area contributed by atoms with Gasteiger partial charge < -0.3 is 9.13 Å². The Balaban J connectivity index is 1.24. The van der Waals surface area contributed by atoms with Gasteiger partial charge in [0.15, 0.2) is 0 Å². The van der Waals surface area contributed by atoms with Crippen molar-refractivity contribution in [2.75, 3.05) is 0 Å². The fraction of sp³-hybridized carbons (Fsp3) is 0. The second-order valence-electron chi connectivity index (χ2n) is 11.8. The summed E-state index contributed by atoms with van der Waals surface area (Å²) in [6.07, 6.45) is 1.87. The molecule has 0 aliphatic carbocycles. The third-order valence-corrected chi connectivity index (χ3v) is 9.55. The first-order chi connectivity index (χ1) is 22.2. The highest BCUT2D eigenvalue weighted by atomic mass is 28.1. The molecule has 0 saturated carbocycles. The van der Waals surface area contributed by atoms with Crippen LogP contribution in [-0.2, 0) is 0 Å². The second-order valence-corrected chi connectivity index (χ2v) is 12.9. The maximum absolute atomic E-state index is 4.65. The maximum Gasteiger partial charge on any atom is 0.0702 e. The third kappa shape index (κ3) is 4.14. The Kier molecular flexibility index (Phi) is 5.83. The number of fused-ring (bicyclic) bond motifs is 6. The molecular weight excluding hydrogens is 563 g/mol. The normalized spacial score (nSPS) is 11.7. The zero-order chi connectivity index (χ0) is 29.9. The number of para-hydroxylation sites is 3. The predicted octanol–water partition coefficient (Wildman–Crippen LogP) is 8.60. The Bertz CT molecular complexity index is 2540. The highest BCUT2D eigenvalue weighted by Crippen LogP contribution is 2.38. The molecule has 0 unspecified atom stereocenters. The molecule has 0 amide bonds. The predicted molar refractivity (Wildman–Crippen MR) is 193 cm³/mol. The molecule has 45 heavy (non-hydrogen) atoms. The standard InChI is InChI=1S/C41H29N3Si/c45-32-23-29(37-14-8-9-21-42-37)22-31(26-32)44-39-16-7-5-13-34(39)36-25-28(18-20-41(36)44)27-17-19-40-35(24-27)33-12-4-6-15-38(33)43(40)30-10-2-1-3-11-30/h1-26H,45H3. The van der Waals surface area contributed by atoms with E-state index in [2.05, 4.69) is 160 Å². The number of aromatic nitrogens is 3. The summed E-state index contributed by atoms with van der Waals surface area (Å²) in [7, 11) is 0.962. The smallest absolute Gasteiger partial charge is 0.0702 e. The van der Waals surface area contributed by atoms with Gasteiger partial charge in [0.05, 0.1) is 27.8 Å². The van der Waals surface area contributed by atoms with Crippen molar-refractivity contribution >= 4 is 59.0 Å². The molecule has 0 saturated heterocycles. The number of hydrogen-bond donors (Lipinski definition) is 0. The van der Waals surface area contributed by atoms with Crippen LogP contribution in [0.3, 0.4) is 0 Å². The van der Waals surface area contributed by atoms with E-state index < -0.39 is 0 Å². The summed E-state index contributed by atoms with van der Waals surface area (Å²) in [5.41, 5.74) is 11.8. The highest BCUT2D eigenvalue weighted by Gasteiger charge is 2.16. The first-order valence-corrected chi connectivity index (χ1v) is 16.4. The van der Waals surface area contributed by atoms with E-state index in [1.54, 1.807) is 0 Å². The molecule has 3 nitrogen and oxygen atoms in total. The van der Waals surface area contributed by atoms with E-state index in [4.69, 9.17) is 0 Å². The van der Waals surface area contributed by atoms with Crippen molar-refractivity contribution in [2.45, 2.75) is 0 Å².